The predicted molar refractivity (Wildman–Crippen MR) is 75.5 cm³/mol. The minimum Gasteiger partial charge on any atom is -0.312 e. The van der Waals surface area contributed by atoms with Crippen molar-refractivity contribution in [3.63, 3.8) is 0 Å². The monoisotopic (exact) mass is 245 g/mol. The Labute approximate surface area is 109 Å². The standard InChI is InChI=1S/C15H23N3/c1-11(2)9-13-17-12-7-6-8-16-14(12)18(13)10-15(3,4)5/h6-8,11H,9-10H2,1-5H3. The Balaban J connectivity index is 2.50. The van der Waals surface area contributed by atoms with Crippen molar-refractivity contribution in [3.05, 3.63) is 24.2 Å². The number of pyridine rings is 1. The number of rotatable bonds is 3. The molecule has 2 rings (SSSR count). The minimum atomic E-state index is 0.233. The summed E-state index contributed by atoms with van der Waals surface area (Å²) in [6, 6.07) is 4.00. The third-order valence-corrected chi connectivity index (χ3v) is 2.81. The van der Waals surface area contributed by atoms with Gasteiger partial charge in [0, 0.05) is 19.2 Å². The van der Waals surface area contributed by atoms with Gasteiger partial charge in [0.1, 0.15) is 11.3 Å². The SMILES string of the molecule is CC(C)Cc1nc2cccnc2n1CC(C)(C)C. The smallest absolute Gasteiger partial charge is 0.160 e. The fraction of sp³-hybridized carbons (Fsp3) is 0.600. The minimum absolute atomic E-state index is 0.233. The van der Waals surface area contributed by atoms with Gasteiger partial charge in [-0.3, -0.25) is 0 Å². The summed E-state index contributed by atoms with van der Waals surface area (Å²) in [5.74, 6) is 1.77. The van der Waals surface area contributed by atoms with Crippen LogP contribution in [0.4, 0.5) is 0 Å². The number of imidazole rings is 1. The van der Waals surface area contributed by atoms with Crippen LogP contribution in [0, 0.1) is 11.3 Å². The zero-order valence-corrected chi connectivity index (χ0v) is 12.1. The average Bonchev–Trinajstić information content (AvgIpc) is 2.54. The second kappa shape index (κ2) is 4.71. The Morgan fingerprint density at radius 1 is 1.28 bits per heavy atom. The maximum absolute atomic E-state index is 4.74. The van der Waals surface area contributed by atoms with E-state index in [-0.39, 0.29) is 5.41 Å². The van der Waals surface area contributed by atoms with Crippen LogP contribution in [0.25, 0.3) is 11.2 Å². The summed E-state index contributed by atoms with van der Waals surface area (Å²) in [6.07, 6.45) is 2.86. The van der Waals surface area contributed by atoms with Gasteiger partial charge in [0.25, 0.3) is 0 Å². The molecule has 0 aliphatic heterocycles. The molecule has 0 radical (unpaired) electrons. The molecule has 0 N–H and O–H groups in total. The molecular formula is C15H23N3. The fourth-order valence-corrected chi connectivity index (χ4v) is 2.17. The van der Waals surface area contributed by atoms with Crippen LogP contribution >= 0.6 is 0 Å². The highest BCUT2D eigenvalue weighted by Gasteiger charge is 2.18. The van der Waals surface area contributed by atoms with Crippen LogP contribution in [-0.4, -0.2) is 14.5 Å². The van der Waals surface area contributed by atoms with Crippen molar-refractivity contribution in [3.8, 4) is 0 Å². The van der Waals surface area contributed by atoms with Crippen molar-refractivity contribution < 1.29 is 0 Å². The van der Waals surface area contributed by atoms with Crippen molar-refractivity contribution in [1.82, 2.24) is 14.5 Å². The first-order valence-corrected chi connectivity index (χ1v) is 6.67. The van der Waals surface area contributed by atoms with Gasteiger partial charge in [-0.15, -0.1) is 0 Å². The third-order valence-electron chi connectivity index (χ3n) is 2.81. The molecule has 2 aromatic rings. The molecule has 0 aliphatic carbocycles. The van der Waals surface area contributed by atoms with E-state index in [1.54, 1.807) is 0 Å². The molecule has 0 atom stereocenters. The normalized spacial score (nSPS) is 12.6. The molecule has 3 heteroatoms. The van der Waals surface area contributed by atoms with E-state index in [4.69, 9.17) is 4.98 Å². The van der Waals surface area contributed by atoms with Gasteiger partial charge < -0.3 is 4.57 Å². The molecule has 0 saturated carbocycles. The largest absolute Gasteiger partial charge is 0.312 e. The number of hydrogen-bond donors (Lipinski definition) is 0. The second-order valence-corrected chi connectivity index (χ2v) is 6.62. The summed E-state index contributed by atoms with van der Waals surface area (Å²) in [5.41, 5.74) is 2.26. The molecular weight excluding hydrogens is 222 g/mol. The molecule has 0 unspecified atom stereocenters. The van der Waals surface area contributed by atoms with E-state index in [1.807, 2.05) is 18.3 Å². The van der Waals surface area contributed by atoms with Gasteiger partial charge >= 0.3 is 0 Å². The second-order valence-electron chi connectivity index (χ2n) is 6.62. The van der Waals surface area contributed by atoms with Crippen LogP contribution in [-0.2, 0) is 13.0 Å². The Morgan fingerprint density at radius 3 is 2.61 bits per heavy atom. The van der Waals surface area contributed by atoms with E-state index in [2.05, 4.69) is 44.2 Å². The lowest BCUT2D eigenvalue weighted by Crippen LogP contribution is -2.18. The van der Waals surface area contributed by atoms with Gasteiger partial charge in [-0.1, -0.05) is 34.6 Å². The summed E-state index contributed by atoms with van der Waals surface area (Å²) in [4.78, 5) is 9.23. The van der Waals surface area contributed by atoms with Crippen molar-refractivity contribution in [2.24, 2.45) is 11.3 Å². The Bertz CT molecular complexity index is 532. The molecule has 3 nitrogen and oxygen atoms in total. The maximum Gasteiger partial charge on any atom is 0.160 e. The van der Waals surface area contributed by atoms with Gasteiger partial charge in [0.05, 0.1) is 0 Å². The average molecular weight is 245 g/mol. The molecule has 0 aliphatic rings. The van der Waals surface area contributed by atoms with Crippen LogP contribution < -0.4 is 0 Å². The topological polar surface area (TPSA) is 30.7 Å². The first kappa shape index (κ1) is 13.1. The van der Waals surface area contributed by atoms with Crippen LogP contribution in [0.2, 0.25) is 0 Å². The number of fused-ring (bicyclic) bond motifs is 1. The zero-order valence-electron chi connectivity index (χ0n) is 12.1. The van der Waals surface area contributed by atoms with Crippen molar-refractivity contribution in [2.45, 2.75) is 47.6 Å². The highest BCUT2D eigenvalue weighted by atomic mass is 15.1. The number of hydrogen-bond acceptors (Lipinski definition) is 2. The van der Waals surface area contributed by atoms with Crippen molar-refractivity contribution >= 4 is 11.2 Å². The lowest BCUT2D eigenvalue weighted by Gasteiger charge is -2.21. The van der Waals surface area contributed by atoms with Gasteiger partial charge in [0.15, 0.2) is 5.65 Å². The first-order chi connectivity index (χ1) is 8.37. The predicted octanol–water partition coefficient (Wildman–Crippen LogP) is 3.68. The van der Waals surface area contributed by atoms with E-state index in [0.29, 0.717) is 5.92 Å². The zero-order chi connectivity index (χ0) is 13.3. The Kier molecular flexibility index (Phi) is 3.42. The van der Waals surface area contributed by atoms with E-state index in [1.165, 1.54) is 0 Å². The molecule has 0 spiro atoms. The molecule has 0 amide bonds. The highest BCUT2D eigenvalue weighted by Crippen LogP contribution is 2.23. The highest BCUT2D eigenvalue weighted by molar-refractivity contribution is 5.71. The molecule has 0 bridgehead atoms. The quantitative estimate of drug-likeness (QED) is 0.826. The van der Waals surface area contributed by atoms with Gasteiger partial charge in [-0.25, -0.2) is 9.97 Å². The van der Waals surface area contributed by atoms with Gasteiger partial charge in [0.2, 0.25) is 0 Å². The lowest BCUT2D eigenvalue weighted by atomic mass is 9.96. The summed E-state index contributed by atoms with van der Waals surface area (Å²) in [5, 5.41) is 0. The van der Waals surface area contributed by atoms with Gasteiger partial charge in [-0.05, 0) is 23.5 Å². The molecule has 0 aromatic carbocycles. The Morgan fingerprint density at radius 2 is 2.00 bits per heavy atom. The molecule has 0 fully saturated rings. The van der Waals surface area contributed by atoms with E-state index in [0.717, 1.165) is 30.0 Å². The van der Waals surface area contributed by atoms with Crippen LogP contribution in [0.3, 0.4) is 0 Å². The van der Waals surface area contributed by atoms with Crippen molar-refractivity contribution in [2.75, 3.05) is 0 Å². The summed E-state index contributed by atoms with van der Waals surface area (Å²) in [7, 11) is 0. The fourth-order valence-electron chi connectivity index (χ4n) is 2.17. The van der Waals surface area contributed by atoms with Crippen LogP contribution in [0.5, 0.6) is 0 Å². The maximum atomic E-state index is 4.74. The van der Waals surface area contributed by atoms with E-state index in [9.17, 15) is 0 Å². The molecule has 0 saturated heterocycles. The summed E-state index contributed by atoms with van der Waals surface area (Å²) in [6.45, 7) is 12.2. The lowest BCUT2D eigenvalue weighted by molar-refractivity contribution is 0.339. The Hall–Kier alpha value is -1.38. The van der Waals surface area contributed by atoms with Crippen molar-refractivity contribution in [1.29, 1.82) is 0 Å². The molecule has 2 heterocycles. The summed E-state index contributed by atoms with van der Waals surface area (Å²) >= 11 is 0. The van der Waals surface area contributed by atoms with Crippen LogP contribution in [0.15, 0.2) is 18.3 Å². The van der Waals surface area contributed by atoms with Crippen LogP contribution in [0.1, 0.15) is 40.4 Å². The third kappa shape index (κ3) is 2.89. The van der Waals surface area contributed by atoms with Gasteiger partial charge in [-0.2, -0.15) is 0 Å². The first-order valence-electron chi connectivity index (χ1n) is 6.67. The molecule has 18 heavy (non-hydrogen) atoms. The van der Waals surface area contributed by atoms with E-state index < -0.39 is 0 Å². The van der Waals surface area contributed by atoms with E-state index >= 15 is 0 Å². The number of aromatic nitrogens is 3. The number of nitrogens with zero attached hydrogens (tertiary/aromatic N) is 3. The summed E-state index contributed by atoms with van der Waals surface area (Å²) < 4.78 is 2.29. The molecule has 98 valence electrons. The molecule has 2 aromatic heterocycles.